The molecule has 4 aromatic rings. The first-order valence-electron chi connectivity index (χ1n) is 10.8. The van der Waals surface area contributed by atoms with E-state index in [1.807, 2.05) is 52.8 Å². The van der Waals surface area contributed by atoms with Gasteiger partial charge >= 0.3 is 0 Å². The van der Waals surface area contributed by atoms with Gasteiger partial charge in [0.15, 0.2) is 0 Å². The van der Waals surface area contributed by atoms with Crippen molar-refractivity contribution in [2.45, 2.75) is 47.3 Å². The fourth-order valence-corrected chi connectivity index (χ4v) is 3.78. The topological polar surface area (TPSA) is 86.7 Å². The summed E-state index contributed by atoms with van der Waals surface area (Å²) in [5, 5.41) is 15.2. The summed E-state index contributed by atoms with van der Waals surface area (Å²) in [5.41, 5.74) is 5.31. The molecule has 4 rings (SSSR count). The van der Waals surface area contributed by atoms with Crippen LogP contribution in [0, 0.1) is 34.6 Å². The third kappa shape index (κ3) is 4.93. The second-order valence-corrected chi connectivity index (χ2v) is 8.46. The molecule has 172 valence electrons. The Labute approximate surface area is 192 Å². The van der Waals surface area contributed by atoms with E-state index >= 15 is 0 Å². The normalized spacial score (nSPS) is 12.2. The predicted octanol–water partition coefficient (Wildman–Crippen LogP) is 4.76. The first-order chi connectivity index (χ1) is 15.7. The summed E-state index contributed by atoms with van der Waals surface area (Å²) in [5.74, 6) is 1.21. The molecular weight excluding hydrogens is 420 g/mol. The molecule has 0 bridgehead atoms. The molecule has 0 aliphatic heterocycles. The van der Waals surface area contributed by atoms with Crippen molar-refractivity contribution in [2.75, 3.05) is 6.61 Å². The van der Waals surface area contributed by atoms with Crippen molar-refractivity contribution in [2.24, 2.45) is 0 Å². The number of aliphatic hydroxyl groups is 1. The van der Waals surface area contributed by atoms with Crippen LogP contribution in [-0.4, -0.2) is 27.6 Å². The van der Waals surface area contributed by atoms with Gasteiger partial charge in [0.1, 0.15) is 36.1 Å². The smallest absolute Gasteiger partial charge is 0.235 e. The Morgan fingerprint density at radius 1 is 1.03 bits per heavy atom. The highest BCUT2D eigenvalue weighted by atomic mass is 16.5. The maximum Gasteiger partial charge on any atom is 0.235 e. The van der Waals surface area contributed by atoms with E-state index in [2.05, 4.69) is 5.10 Å². The number of aromatic nitrogens is 2. The van der Waals surface area contributed by atoms with E-state index in [0.717, 1.165) is 28.1 Å². The van der Waals surface area contributed by atoms with Gasteiger partial charge in [-0.25, -0.2) is 0 Å². The molecule has 0 unspecified atom stereocenters. The van der Waals surface area contributed by atoms with Crippen molar-refractivity contribution in [1.82, 2.24) is 9.78 Å². The van der Waals surface area contributed by atoms with Crippen molar-refractivity contribution >= 4 is 11.0 Å². The van der Waals surface area contributed by atoms with E-state index in [-0.39, 0.29) is 17.8 Å². The molecule has 0 amide bonds. The third-order valence-corrected chi connectivity index (χ3v) is 5.71. The zero-order chi connectivity index (χ0) is 23.7. The van der Waals surface area contributed by atoms with Gasteiger partial charge in [0.05, 0.1) is 17.6 Å². The van der Waals surface area contributed by atoms with Crippen LogP contribution in [0.4, 0.5) is 0 Å². The molecule has 0 spiro atoms. The fraction of sp³-hybridized carbons (Fsp3) is 0.308. The Morgan fingerprint density at radius 3 is 2.42 bits per heavy atom. The van der Waals surface area contributed by atoms with Crippen LogP contribution < -0.4 is 14.9 Å². The van der Waals surface area contributed by atoms with Gasteiger partial charge in [-0.15, -0.1) is 0 Å². The summed E-state index contributed by atoms with van der Waals surface area (Å²) in [7, 11) is 0. The lowest BCUT2D eigenvalue weighted by Gasteiger charge is -2.14. The lowest BCUT2D eigenvalue weighted by Crippen LogP contribution is -2.24. The summed E-state index contributed by atoms with van der Waals surface area (Å²) >= 11 is 0. The van der Waals surface area contributed by atoms with E-state index < -0.39 is 6.10 Å². The van der Waals surface area contributed by atoms with E-state index in [1.54, 1.807) is 22.9 Å². The van der Waals surface area contributed by atoms with Crippen LogP contribution in [-0.2, 0) is 6.54 Å². The van der Waals surface area contributed by atoms with Crippen molar-refractivity contribution in [3.63, 3.8) is 0 Å². The molecule has 7 heteroatoms. The van der Waals surface area contributed by atoms with Gasteiger partial charge in [-0.05, 0) is 75.6 Å². The first kappa shape index (κ1) is 22.6. The molecule has 1 N–H and O–H groups in total. The number of nitrogens with zero attached hydrogens (tertiary/aromatic N) is 2. The minimum atomic E-state index is -0.737. The molecule has 0 radical (unpaired) electrons. The molecule has 1 atom stereocenters. The Balaban J connectivity index is 1.46. The van der Waals surface area contributed by atoms with Crippen molar-refractivity contribution in [3.8, 4) is 17.2 Å². The number of fused-ring (bicyclic) bond motifs is 1. The Bertz CT molecular complexity index is 1350. The number of aryl methyl sites for hydroxylation is 3. The van der Waals surface area contributed by atoms with Gasteiger partial charge in [-0.1, -0.05) is 6.07 Å². The van der Waals surface area contributed by atoms with Crippen LogP contribution in [0.25, 0.3) is 11.0 Å². The fourth-order valence-electron chi connectivity index (χ4n) is 3.78. The van der Waals surface area contributed by atoms with E-state index in [4.69, 9.17) is 13.9 Å². The summed E-state index contributed by atoms with van der Waals surface area (Å²) in [6.07, 6.45) is 0.574. The summed E-state index contributed by atoms with van der Waals surface area (Å²) in [4.78, 5) is 12.9. The molecule has 2 aromatic carbocycles. The SMILES string of the molecule is Cc1cc(C)cc(Oc2coc3cc(OC[C@@H](O)Cn4nc(C)c(C)c4C)ccc3c2=O)c1. The molecule has 2 heterocycles. The maximum atomic E-state index is 12.9. The standard InChI is InChI=1S/C26H28N2O5/c1-15-8-16(2)10-22(9-15)33-25-14-32-24-11-21(6-7-23(24)26(25)30)31-13-20(29)12-28-19(5)17(3)18(4)27-28/h6-11,14,20,29H,12-13H2,1-5H3/t20-/m0/s1. The highest BCUT2D eigenvalue weighted by Crippen LogP contribution is 2.25. The zero-order valence-corrected chi connectivity index (χ0v) is 19.5. The molecule has 0 aliphatic rings. The number of aliphatic hydroxyl groups excluding tert-OH is 1. The largest absolute Gasteiger partial charge is 0.491 e. The minimum Gasteiger partial charge on any atom is -0.491 e. The van der Waals surface area contributed by atoms with Gasteiger partial charge in [-0.2, -0.15) is 5.10 Å². The van der Waals surface area contributed by atoms with Crippen LogP contribution in [0.3, 0.4) is 0 Å². The van der Waals surface area contributed by atoms with Gasteiger partial charge < -0.3 is 19.0 Å². The summed E-state index contributed by atoms with van der Waals surface area (Å²) in [6.45, 7) is 10.3. The maximum absolute atomic E-state index is 12.9. The summed E-state index contributed by atoms with van der Waals surface area (Å²) < 4.78 is 19.0. The second-order valence-electron chi connectivity index (χ2n) is 8.46. The Kier molecular flexibility index (Phi) is 6.24. The molecule has 0 saturated carbocycles. The number of ether oxygens (including phenoxy) is 2. The van der Waals surface area contributed by atoms with E-state index in [0.29, 0.717) is 29.0 Å². The van der Waals surface area contributed by atoms with Crippen LogP contribution in [0.15, 0.2) is 51.9 Å². The highest BCUT2D eigenvalue weighted by Gasteiger charge is 2.14. The second kappa shape index (κ2) is 9.11. The molecular formula is C26H28N2O5. The van der Waals surface area contributed by atoms with Crippen molar-refractivity contribution in [1.29, 1.82) is 0 Å². The van der Waals surface area contributed by atoms with Crippen LogP contribution >= 0.6 is 0 Å². The minimum absolute atomic E-state index is 0.0844. The van der Waals surface area contributed by atoms with Gasteiger partial charge in [0, 0.05) is 11.8 Å². The van der Waals surface area contributed by atoms with Crippen LogP contribution in [0.2, 0.25) is 0 Å². The average Bonchev–Trinajstić information content (AvgIpc) is 3.00. The van der Waals surface area contributed by atoms with E-state index in [9.17, 15) is 9.90 Å². The molecule has 2 aromatic heterocycles. The first-order valence-corrected chi connectivity index (χ1v) is 10.8. The lowest BCUT2D eigenvalue weighted by molar-refractivity contribution is 0.0887. The average molecular weight is 449 g/mol. The monoisotopic (exact) mass is 448 g/mol. The number of rotatable bonds is 7. The van der Waals surface area contributed by atoms with Gasteiger partial charge in [0.25, 0.3) is 0 Å². The van der Waals surface area contributed by atoms with Crippen LogP contribution in [0.5, 0.6) is 17.2 Å². The summed E-state index contributed by atoms with van der Waals surface area (Å²) in [6, 6.07) is 10.7. The highest BCUT2D eigenvalue weighted by molar-refractivity contribution is 5.79. The third-order valence-electron chi connectivity index (χ3n) is 5.71. The van der Waals surface area contributed by atoms with Gasteiger partial charge in [-0.3, -0.25) is 9.48 Å². The molecule has 0 aliphatic carbocycles. The van der Waals surface area contributed by atoms with E-state index in [1.165, 1.54) is 6.26 Å². The van der Waals surface area contributed by atoms with Crippen LogP contribution in [0.1, 0.15) is 28.1 Å². The molecule has 33 heavy (non-hydrogen) atoms. The number of hydrogen-bond donors (Lipinski definition) is 1. The van der Waals surface area contributed by atoms with Gasteiger partial charge in [0.2, 0.25) is 11.2 Å². The number of benzene rings is 2. The Morgan fingerprint density at radius 2 is 1.76 bits per heavy atom. The predicted molar refractivity (Wildman–Crippen MR) is 126 cm³/mol. The van der Waals surface area contributed by atoms with Crippen molar-refractivity contribution in [3.05, 3.63) is 81.0 Å². The molecule has 7 nitrogen and oxygen atoms in total. The molecule has 0 fully saturated rings. The zero-order valence-electron chi connectivity index (χ0n) is 19.5. The number of hydrogen-bond acceptors (Lipinski definition) is 6. The lowest BCUT2D eigenvalue weighted by atomic mass is 10.1. The Hall–Kier alpha value is -3.58. The quantitative estimate of drug-likeness (QED) is 0.439. The molecule has 0 saturated heterocycles. The van der Waals surface area contributed by atoms with Crippen molar-refractivity contribution < 1.29 is 19.0 Å².